The van der Waals surface area contributed by atoms with Crippen LogP contribution in [0.4, 0.5) is 0 Å². The summed E-state index contributed by atoms with van der Waals surface area (Å²) in [7, 11) is 0. The van der Waals surface area contributed by atoms with E-state index >= 15 is 0 Å². The lowest BCUT2D eigenvalue weighted by Gasteiger charge is -2.21. The molecule has 12 heavy (non-hydrogen) atoms. The fourth-order valence-electron chi connectivity index (χ4n) is 2.20. The van der Waals surface area contributed by atoms with Crippen molar-refractivity contribution in [3.8, 4) is 0 Å². The van der Waals surface area contributed by atoms with Gasteiger partial charge in [-0.3, -0.25) is 0 Å². The lowest BCUT2D eigenvalue weighted by Crippen LogP contribution is -2.26. The first-order valence-corrected chi connectivity index (χ1v) is 5.55. The van der Waals surface area contributed by atoms with Gasteiger partial charge in [-0.1, -0.05) is 39.5 Å². The van der Waals surface area contributed by atoms with Crippen molar-refractivity contribution in [1.82, 2.24) is 5.32 Å². The lowest BCUT2D eigenvalue weighted by atomic mass is 9.89. The van der Waals surface area contributed by atoms with Crippen LogP contribution in [0.3, 0.4) is 0 Å². The van der Waals surface area contributed by atoms with Crippen LogP contribution < -0.4 is 5.32 Å². The van der Waals surface area contributed by atoms with Crippen LogP contribution in [0.1, 0.15) is 46.0 Å². The Hall–Kier alpha value is -0.0400. The van der Waals surface area contributed by atoms with Gasteiger partial charge in [0.15, 0.2) is 0 Å². The highest BCUT2D eigenvalue weighted by Gasteiger charge is 2.18. The van der Waals surface area contributed by atoms with Crippen molar-refractivity contribution in [1.29, 1.82) is 0 Å². The highest BCUT2D eigenvalue weighted by atomic mass is 14.8. The number of rotatable bonds is 3. The summed E-state index contributed by atoms with van der Waals surface area (Å²) >= 11 is 0. The summed E-state index contributed by atoms with van der Waals surface area (Å²) in [4.78, 5) is 0. The van der Waals surface area contributed by atoms with Gasteiger partial charge in [0.05, 0.1) is 0 Å². The minimum atomic E-state index is 0.951. The van der Waals surface area contributed by atoms with Gasteiger partial charge in [0.25, 0.3) is 0 Å². The summed E-state index contributed by atoms with van der Waals surface area (Å²) in [6.07, 6.45) is 7.29. The van der Waals surface area contributed by atoms with E-state index in [1.54, 1.807) is 0 Å². The Morgan fingerprint density at radius 1 is 1.17 bits per heavy atom. The van der Waals surface area contributed by atoms with Gasteiger partial charge in [-0.05, 0) is 31.3 Å². The standard InChI is InChI=1S/C11H23N/c1-3-12-9-11-8-6-4-5-7-10(11)2/h10-12H,3-9H2,1-2H3. The minimum absolute atomic E-state index is 0.951. The molecule has 0 aliphatic heterocycles. The van der Waals surface area contributed by atoms with Gasteiger partial charge in [-0.15, -0.1) is 0 Å². The molecule has 72 valence electrons. The summed E-state index contributed by atoms with van der Waals surface area (Å²) in [6, 6.07) is 0. The molecule has 1 N–H and O–H groups in total. The third-order valence-corrected chi connectivity index (χ3v) is 3.20. The van der Waals surface area contributed by atoms with E-state index in [0.29, 0.717) is 0 Å². The Morgan fingerprint density at radius 2 is 1.92 bits per heavy atom. The molecular weight excluding hydrogens is 146 g/mol. The molecule has 1 rings (SSSR count). The van der Waals surface area contributed by atoms with Crippen LogP contribution in [0.5, 0.6) is 0 Å². The summed E-state index contributed by atoms with van der Waals surface area (Å²) < 4.78 is 0. The smallest absolute Gasteiger partial charge is 0.00181 e. The SMILES string of the molecule is CCNCC1CCCCCC1C. The second kappa shape index (κ2) is 5.58. The Bertz CT molecular complexity index is 112. The molecule has 0 amide bonds. The van der Waals surface area contributed by atoms with Gasteiger partial charge in [-0.25, -0.2) is 0 Å². The summed E-state index contributed by atoms with van der Waals surface area (Å²) in [5.41, 5.74) is 0. The van der Waals surface area contributed by atoms with E-state index in [1.165, 1.54) is 38.6 Å². The van der Waals surface area contributed by atoms with Crippen LogP contribution in [-0.2, 0) is 0 Å². The first-order valence-electron chi connectivity index (χ1n) is 5.55. The molecule has 0 heterocycles. The van der Waals surface area contributed by atoms with Crippen molar-refractivity contribution in [3.63, 3.8) is 0 Å². The Morgan fingerprint density at radius 3 is 2.67 bits per heavy atom. The van der Waals surface area contributed by atoms with Crippen LogP contribution in [0, 0.1) is 11.8 Å². The highest BCUT2D eigenvalue weighted by Crippen LogP contribution is 2.27. The van der Waals surface area contributed by atoms with E-state index < -0.39 is 0 Å². The van der Waals surface area contributed by atoms with Crippen LogP contribution in [0.25, 0.3) is 0 Å². The molecule has 0 saturated heterocycles. The second-order valence-corrected chi connectivity index (χ2v) is 4.18. The van der Waals surface area contributed by atoms with Gasteiger partial charge in [0, 0.05) is 0 Å². The molecule has 1 nitrogen and oxygen atoms in total. The van der Waals surface area contributed by atoms with Crippen LogP contribution in [0.2, 0.25) is 0 Å². The van der Waals surface area contributed by atoms with E-state index in [0.717, 1.165) is 18.4 Å². The summed E-state index contributed by atoms with van der Waals surface area (Å²) in [5.74, 6) is 1.90. The molecule has 2 atom stereocenters. The largest absolute Gasteiger partial charge is 0.317 e. The average molecular weight is 169 g/mol. The number of hydrogen-bond acceptors (Lipinski definition) is 1. The summed E-state index contributed by atoms with van der Waals surface area (Å²) in [5, 5.41) is 3.48. The maximum absolute atomic E-state index is 3.48. The number of nitrogens with one attached hydrogen (secondary N) is 1. The van der Waals surface area contributed by atoms with E-state index in [1.807, 2.05) is 0 Å². The van der Waals surface area contributed by atoms with Gasteiger partial charge in [0.1, 0.15) is 0 Å². The molecule has 0 aromatic carbocycles. The highest BCUT2D eigenvalue weighted by molar-refractivity contribution is 4.72. The quantitative estimate of drug-likeness (QED) is 0.641. The number of hydrogen-bond donors (Lipinski definition) is 1. The molecule has 0 radical (unpaired) electrons. The predicted octanol–water partition coefficient (Wildman–Crippen LogP) is 2.81. The Labute approximate surface area is 76.9 Å². The predicted molar refractivity (Wildman–Crippen MR) is 54.3 cm³/mol. The molecule has 1 fully saturated rings. The zero-order valence-corrected chi connectivity index (χ0v) is 8.60. The van der Waals surface area contributed by atoms with Gasteiger partial charge < -0.3 is 5.32 Å². The van der Waals surface area contributed by atoms with E-state index in [4.69, 9.17) is 0 Å². The zero-order chi connectivity index (χ0) is 8.81. The van der Waals surface area contributed by atoms with Crippen molar-refractivity contribution in [2.45, 2.75) is 46.0 Å². The molecule has 1 heteroatoms. The van der Waals surface area contributed by atoms with Gasteiger partial charge >= 0.3 is 0 Å². The fourth-order valence-corrected chi connectivity index (χ4v) is 2.20. The topological polar surface area (TPSA) is 12.0 Å². The molecule has 1 aliphatic rings. The molecule has 0 spiro atoms. The normalized spacial score (nSPS) is 31.5. The van der Waals surface area contributed by atoms with Gasteiger partial charge in [-0.2, -0.15) is 0 Å². The van der Waals surface area contributed by atoms with Crippen LogP contribution in [-0.4, -0.2) is 13.1 Å². The Balaban J connectivity index is 2.26. The van der Waals surface area contributed by atoms with E-state index in [-0.39, 0.29) is 0 Å². The zero-order valence-electron chi connectivity index (χ0n) is 8.60. The van der Waals surface area contributed by atoms with E-state index in [9.17, 15) is 0 Å². The Kier molecular flexibility index (Phi) is 4.67. The molecule has 0 bridgehead atoms. The van der Waals surface area contributed by atoms with Gasteiger partial charge in [0.2, 0.25) is 0 Å². The van der Waals surface area contributed by atoms with Crippen molar-refractivity contribution in [2.75, 3.05) is 13.1 Å². The fraction of sp³-hybridized carbons (Fsp3) is 1.00. The molecule has 1 aliphatic carbocycles. The minimum Gasteiger partial charge on any atom is -0.317 e. The lowest BCUT2D eigenvalue weighted by molar-refractivity contribution is 0.324. The molecular formula is C11H23N. The van der Waals surface area contributed by atoms with Crippen molar-refractivity contribution in [3.05, 3.63) is 0 Å². The first-order chi connectivity index (χ1) is 5.84. The average Bonchev–Trinajstić information content (AvgIpc) is 2.27. The third-order valence-electron chi connectivity index (χ3n) is 3.20. The maximum Gasteiger partial charge on any atom is -0.00181 e. The van der Waals surface area contributed by atoms with Crippen molar-refractivity contribution >= 4 is 0 Å². The van der Waals surface area contributed by atoms with Crippen molar-refractivity contribution < 1.29 is 0 Å². The molecule has 0 aromatic rings. The summed E-state index contributed by atoms with van der Waals surface area (Å²) in [6.45, 7) is 7.00. The van der Waals surface area contributed by atoms with Crippen molar-refractivity contribution in [2.24, 2.45) is 11.8 Å². The molecule has 2 unspecified atom stereocenters. The van der Waals surface area contributed by atoms with Crippen LogP contribution >= 0.6 is 0 Å². The van der Waals surface area contributed by atoms with E-state index in [2.05, 4.69) is 19.2 Å². The monoisotopic (exact) mass is 169 g/mol. The molecule has 1 saturated carbocycles. The van der Waals surface area contributed by atoms with Crippen LogP contribution in [0.15, 0.2) is 0 Å². The maximum atomic E-state index is 3.48. The molecule has 0 aromatic heterocycles. The second-order valence-electron chi connectivity index (χ2n) is 4.18. The first kappa shape index (κ1) is 10.0. The third kappa shape index (κ3) is 3.14.